The number of halogens is 2. The average Bonchev–Trinajstić information content (AvgIpc) is 3.42. The molecule has 0 amide bonds. The summed E-state index contributed by atoms with van der Waals surface area (Å²) < 4.78 is 35.0. The normalized spacial score (nSPS) is 21.4. The third-order valence-corrected chi connectivity index (χ3v) is 14.5. The lowest BCUT2D eigenvalue weighted by Gasteiger charge is -2.31. The molecule has 0 unspecified atom stereocenters. The molecule has 4 aliphatic rings. The molecule has 4 heterocycles. The van der Waals surface area contributed by atoms with E-state index in [1.165, 1.54) is 12.7 Å². The van der Waals surface area contributed by atoms with Crippen molar-refractivity contribution in [1.82, 2.24) is 29.9 Å². The average molecular weight is 1160 g/mol. The number of fused-ring (bicyclic) bond motifs is 3. The number of hydrogen-bond donors (Lipinski definition) is 2. The van der Waals surface area contributed by atoms with Crippen molar-refractivity contribution in [3.05, 3.63) is 82.9 Å². The smallest absolute Gasteiger partial charge is 0.308 e. The monoisotopic (exact) mass is 1160 g/mol. The van der Waals surface area contributed by atoms with E-state index in [2.05, 4.69) is 78.8 Å². The molecule has 1 aliphatic heterocycles. The summed E-state index contributed by atoms with van der Waals surface area (Å²) in [6.07, 6.45) is 19.4. The van der Waals surface area contributed by atoms with Gasteiger partial charge >= 0.3 is 17.9 Å². The molecule has 3 aromatic heterocycles. The van der Waals surface area contributed by atoms with Gasteiger partial charge in [-0.05, 0) is 128 Å². The highest BCUT2D eigenvalue weighted by Gasteiger charge is 2.31. The van der Waals surface area contributed by atoms with Gasteiger partial charge in [-0.25, -0.2) is 29.9 Å². The van der Waals surface area contributed by atoms with Gasteiger partial charge in [0.1, 0.15) is 36.2 Å². The number of benzene rings is 3. The number of nitrogens with zero attached hydrogens (tertiary/aromatic N) is 7. The van der Waals surface area contributed by atoms with Crippen LogP contribution in [0.2, 0.25) is 0 Å². The molecular formula is C55H67Br2N7O11. The van der Waals surface area contributed by atoms with Crippen LogP contribution >= 0.6 is 31.9 Å². The Morgan fingerprint density at radius 1 is 0.560 bits per heavy atom. The number of phenolic OH excluding ortho intramolecular Hbond substituents is 1. The van der Waals surface area contributed by atoms with Crippen LogP contribution in [0.1, 0.15) is 97.8 Å². The molecule has 0 radical (unpaired) electrons. The van der Waals surface area contributed by atoms with Gasteiger partial charge in [-0.1, -0.05) is 31.9 Å². The number of ether oxygens (including phenoxy) is 6. The summed E-state index contributed by atoms with van der Waals surface area (Å²) in [7, 11) is 0. The number of aliphatic hydroxyl groups is 1. The zero-order valence-electron chi connectivity index (χ0n) is 42.8. The zero-order valence-corrected chi connectivity index (χ0v) is 46.0. The highest BCUT2D eigenvalue weighted by atomic mass is 79.9. The predicted octanol–water partition coefficient (Wildman–Crippen LogP) is 10.1. The molecule has 3 aliphatic carbocycles. The third kappa shape index (κ3) is 16.6. The van der Waals surface area contributed by atoms with Crippen LogP contribution in [0.25, 0.3) is 32.7 Å². The number of esters is 3. The Morgan fingerprint density at radius 2 is 0.960 bits per heavy atom. The molecule has 0 spiro atoms. The van der Waals surface area contributed by atoms with E-state index in [1.807, 2.05) is 45.2 Å². The molecule has 4 fully saturated rings. The fourth-order valence-corrected chi connectivity index (χ4v) is 10.4. The SMILES string of the molecule is CCOC(=O)C1CCC(O)CC1.CCOC(=O)C1CCC(Oc2cc(Br)cc3ncncc23)CC1.CCOC(=O)C1CCC(Oc2cc(N3CCOCC3)cc3ncncc23)CC1.Oc1cc(Br)cc2ncncc12. The fourth-order valence-electron chi connectivity index (χ4n) is 9.57. The van der Waals surface area contributed by atoms with Crippen LogP contribution in [-0.2, 0) is 33.3 Å². The van der Waals surface area contributed by atoms with E-state index >= 15 is 0 Å². The van der Waals surface area contributed by atoms with Crippen LogP contribution < -0.4 is 14.4 Å². The number of aromatic hydroxyl groups is 1. The second-order valence-electron chi connectivity index (χ2n) is 18.7. The van der Waals surface area contributed by atoms with E-state index in [-0.39, 0.29) is 59.7 Å². The first-order valence-electron chi connectivity index (χ1n) is 26.0. The summed E-state index contributed by atoms with van der Waals surface area (Å²) in [5, 5.41) is 21.1. The number of aliphatic hydroxyl groups excluding tert-OH is 1. The maximum Gasteiger partial charge on any atom is 0.308 e. The van der Waals surface area contributed by atoms with Crippen molar-refractivity contribution < 1.29 is 53.0 Å². The van der Waals surface area contributed by atoms with Crippen LogP contribution in [0.5, 0.6) is 17.2 Å². The lowest BCUT2D eigenvalue weighted by atomic mass is 9.87. The van der Waals surface area contributed by atoms with E-state index in [0.29, 0.717) is 25.2 Å². The minimum absolute atomic E-state index is 0.000406. The Balaban J connectivity index is 0.000000156. The lowest BCUT2D eigenvalue weighted by molar-refractivity contribution is -0.150. The minimum atomic E-state index is -0.198. The van der Waals surface area contributed by atoms with Crippen molar-refractivity contribution in [3.8, 4) is 17.2 Å². The lowest BCUT2D eigenvalue weighted by Crippen LogP contribution is -2.36. The van der Waals surface area contributed by atoms with Gasteiger partial charge in [-0.2, -0.15) is 0 Å². The second-order valence-corrected chi connectivity index (χ2v) is 20.5. The van der Waals surface area contributed by atoms with Gasteiger partial charge in [0.25, 0.3) is 0 Å². The molecule has 3 aromatic carbocycles. The molecule has 6 aromatic rings. The maximum atomic E-state index is 12.0. The molecule has 0 bridgehead atoms. The van der Waals surface area contributed by atoms with Crippen molar-refractivity contribution in [2.45, 2.75) is 116 Å². The summed E-state index contributed by atoms with van der Waals surface area (Å²) in [5.74, 6) is 1.60. The first-order chi connectivity index (χ1) is 36.4. The number of anilines is 1. The maximum absolute atomic E-state index is 12.0. The Hall–Kier alpha value is -5.83. The van der Waals surface area contributed by atoms with Gasteiger partial charge in [0.2, 0.25) is 0 Å². The van der Waals surface area contributed by atoms with Crippen LogP contribution in [-0.4, -0.2) is 122 Å². The third-order valence-electron chi connectivity index (χ3n) is 13.6. The van der Waals surface area contributed by atoms with Crippen LogP contribution in [0.15, 0.2) is 82.9 Å². The molecule has 1 saturated heterocycles. The number of rotatable bonds is 11. The Labute approximate surface area is 453 Å². The largest absolute Gasteiger partial charge is 0.507 e. The molecule has 3 saturated carbocycles. The summed E-state index contributed by atoms with van der Waals surface area (Å²) in [5.41, 5.74) is 3.57. The minimum Gasteiger partial charge on any atom is -0.507 e. The molecule has 18 nitrogen and oxygen atoms in total. The Morgan fingerprint density at radius 3 is 1.43 bits per heavy atom. The molecule has 20 heteroatoms. The Bertz CT molecular complexity index is 2800. The summed E-state index contributed by atoms with van der Waals surface area (Å²) in [4.78, 5) is 62.0. The summed E-state index contributed by atoms with van der Waals surface area (Å²) >= 11 is 6.76. The molecule has 10 rings (SSSR count). The quantitative estimate of drug-likeness (QED) is 0.0908. The number of phenols is 1. The van der Waals surface area contributed by atoms with E-state index in [9.17, 15) is 24.6 Å². The van der Waals surface area contributed by atoms with Crippen LogP contribution in [0, 0.1) is 17.8 Å². The highest BCUT2D eigenvalue weighted by Crippen LogP contribution is 2.36. The van der Waals surface area contributed by atoms with E-state index < -0.39 is 0 Å². The van der Waals surface area contributed by atoms with Gasteiger partial charge in [0.15, 0.2) is 0 Å². The first-order valence-corrected chi connectivity index (χ1v) is 27.6. The van der Waals surface area contributed by atoms with E-state index in [1.54, 1.807) is 24.8 Å². The predicted molar refractivity (Wildman–Crippen MR) is 289 cm³/mol. The van der Waals surface area contributed by atoms with E-state index in [4.69, 9.17) is 28.4 Å². The second kappa shape index (κ2) is 28.9. The molecule has 75 heavy (non-hydrogen) atoms. The standard InChI is InChI=1S/C21H27N3O4.C17H19BrN2O3.C9H16O3.C8H5BrN2O/c1-2-27-21(25)15-3-5-17(6-4-15)28-20-12-16(24-7-9-26-10-8-24)11-19-18(20)13-22-14-23-19;1-2-22-17(21)11-3-5-13(6-4-11)23-16-8-12(18)7-15-14(16)9-19-10-20-15;1-2-12-9(11)7-3-5-8(10)6-4-7;9-5-1-7-6(8(12)2-5)3-10-4-11-7/h11-15,17H,2-10H2,1H3;7-11,13H,2-6H2,1H3;7-8,10H,2-6H2,1H3;1-4,12H. The topological polar surface area (TPSA) is 228 Å². The zero-order chi connectivity index (χ0) is 53.1. The Kier molecular flexibility index (Phi) is 21.9. The van der Waals surface area contributed by atoms with Gasteiger partial charge in [0, 0.05) is 52.4 Å². The van der Waals surface area contributed by atoms with Gasteiger partial charge < -0.3 is 43.5 Å². The number of morpholine rings is 1. The summed E-state index contributed by atoms with van der Waals surface area (Å²) in [6, 6.07) is 11.5. The van der Waals surface area contributed by atoms with Crippen molar-refractivity contribution in [2.75, 3.05) is 51.0 Å². The number of aromatic nitrogens is 6. The fraction of sp³-hybridized carbons (Fsp3) is 0.509. The highest BCUT2D eigenvalue weighted by molar-refractivity contribution is 9.10. The molecule has 0 atom stereocenters. The van der Waals surface area contributed by atoms with Gasteiger partial charge in [0.05, 0.1) is 102 Å². The van der Waals surface area contributed by atoms with E-state index in [0.717, 1.165) is 157 Å². The number of hydrogen-bond acceptors (Lipinski definition) is 18. The number of carbonyl (C=O) groups excluding carboxylic acids is 3. The van der Waals surface area contributed by atoms with Crippen molar-refractivity contribution in [3.63, 3.8) is 0 Å². The summed E-state index contributed by atoms with van der Waals surface area (Å²) in [6.45, 7) is 10.0. The van der Waals surface area contributed by atoms with Crippen molar-refractivity contribution >= 4 is 88.2 Å². The van der Waals surface area contributed by atoms with Gasteiger partial charge in [-0.15, -0.1) is 0 Å². The molecular weight excluding hydrogens is 1090 g/mol. The van der Waals surface area contributed by atoms with Crippen molar-refractivity contribution in [1.29, 1.82) is 0 Å². The molecule has 2 N–H and O–H groups in total. The van der Waals surface area contributed by atoms with Crippen molar-refractivity contribution in [2.24, 2.45) is 17.8 Å². The van der Waals surface area contributed by atoms with Crippen LogP contribution in [0.4, 0.5) is 5.69 Å². The van der Waals surface area contributed by atoms with Crippen LogP contribution in [0.3, 0.4) is 0 Å². The molecule has 402 valence electrons. The number of carbonyl (C=O) groups is 3. The first kappa shape index (κ1) is 56.9. The van der Waals surface area contributed by atoms with Gasteiger partial charge in [-0.3, -0.25) is 14.4 Å².